The number of hydrogen-bond donors (Lipinski definition) is 1. The molecule has 0 atom stereocenters. The van der Waals surface area contributed by atoms with E-state index in [0.717, 1.165) is 16.1 Å². The van der Waals surface area contributed by atoms with Gasteiger partial charge in [-0.05, 0) is 52.7 Å². The maximum absolute atomic E-state index is 12.7. The lowest BCUT2D eigenvalue weighted by molar-refractivity contribution is -0.121. The number of rotatable bonds is 3. The lowest BCUT2D eigenvalue weighted by atomic mass is 9.96. The number of nitrogens with zero attached hydrogens (tertiary/aromatic N) is 2. The maximum atomic E-state index is 12.7. The molecular formula is C21H26ClN3O3S. The molecule has 0 spiro atoms. The number of piperidine rings is 1. The van der Waals surface area contributed by atoms with Gasteiger partial charge in [0.2, 0.25) is 5.91 Å². The zero-order valence-electron chi connectivity index (χ0n) is 17.1. The van der Waals surface area contributed by atoms with Gasteiger partial charge in [0.05, 0.1) is 5.69 Å². The summed E-state index contributed by atoms with van der Waals surface area (Å²) in [6, 6.07) is 7.49. The summed E-state index contributed by atoms with van der Waals surface area (Å²) in [5, 5.41) is 4.21. The number of benzene rings is 1. The van der Waals surface area contributed by atoms with Crippen LogP contribution in [-0.2, 0) is 9.53 Å². The zero-order valence-corrected chi connectivity index (χ0v) is 18.7. The van der Waals surface area contributed by atoms with Crippen molar-refractivity contribution in [2.75, 3.05) is 18.4 Å². The van der Waals surface area contributed by atoms with Gasteiger partial charge in [0.15, 0.2) is 5.13 Å². The highest BCUT2D eigenvalue weighted by atomic mass is 35.5. The minimum absolute atomic E-state index is 0.0507. The van der Waals surface area contributed by atoms with Crippen molar-refractivity contribution >= 4 is 40.1 Å². The molecule has 1 fully saturated rings. The third-order valence-electron chi connectivity index (χ3n) is 4.66. The summed E-state index contributed by atoms with van der Waals surface area (Å²) in [6.45, 7) is 8.55. The molecular weight excluding hydrogens is 410 g/mol. The highest BCUT2D eigenvalue weighted by Gasteiger charge is 2.30. The highest BCUT2D eigenvalue weighted by molar-refractivity contribution is 7.16. The summed E-state index contributed by atoms with van der Waals surface area (Å²) in [5.41, 5.74) is 1.30. The van der Waals surface area contributed by atoms with Crippen molar-refractivity contribution < 1.29 is 14.3 Å². The monoisotopic (exact) mass is 435 g/mol. The molecule has 2 amide bonds. The average Bonchev–Trinajstić information content (AvgIpc) is 3.01. The van der Waals surface area contributed by atoms with E-state index in [1.54, 1.807) is 4.90 Å². The van der Waals surface area contributed by atoms with Gasteiger partial charge in [-0.2, -0.15) is 0 Å². The molecule has 29 heavy (non-hydrogen) atoms. The first-order valence-corrected chi connectivity index (χ1v) is 10.8. The first kappa shape index (κ1) is 21.6. The molecule has 3 rings (SSSR count). The van der Waals surface area contributed by atoms with Gasteiger partial charge < -0.3 is 15.0 Å². The van der Waals surface area contributed by atoms with E-state index >= 15 is 0 Å². The van der Waals surface area contributed by atoms with Crippen LogP contribution in [0.1, 0.15) is 38.5 Å². The van der Waals surface area contributed by atoms with Crippen molar-refractivity contribution in [1.82, 2.24) is 9.88 Å². The fourth-order valence-corrected chi connectivity index (χ4v) is 4.15. The first-order chi connectivity index (χ1) is 13.6. The van der Waals surface area contributed by atoms with Gasteiger partial charge in [0, 0.05) is 34.5 Å². The molecule has 0 radical (unpaired) electrons. The number of likely N-dealkylation sites (tertiary alicyclic amines) is 1. The number of nitrogens with one attached hydrogen (secondary N) is 1. The van der Waals surface area contributed by atoms with Crippen LogP contribution >= 0.6 is 22.9 Å². The van der Waals surface area contributed by atoms with E-state index in [-0.39, 0.29) is 17.9 Å². The molecule has 0 aliphatic carbocycles. The summed E-state index contributed by atoms with van der Waals surface area (Å²) in [4.78, 5) is 32.1. The van der Waals surface area contributed by atoms with Gasteiger partial charge >= 0.3 is 6.09 Å². The Kier molecular flexibility index (Phi) is 6.49. The molecule has 2 heterocycles. The van der Waals surface area contributed by atoms with Crippen LogP contribution in [0.3, 0.4) is 0 Å². The Bertz CT molecular complexity index is 882. The summed E-state index contributed by atoms with van der Waals surface area (Å²) in [6.07, 6.45) is 0.901. The lowest BCUT2D eigenvalue weighted by Crippen LogP contribution is -2.43. The SMILES string of the molecule is Cc1sc(NC(=O)C2CCN(C(=O)OC(C)(C)C)CC2)nc1-c1ccc(Cl)cc1. The second-order valence-corrected chi connectivity index (χ2v) is 9.80. The van der Waals surface area contributed by atoms with Gasteiger partial charge in [-0.1, -0.05) is 23.7 Å². The van der Waals surface area contributed by atoms with Crippen LogP contribution in [0.15, 0.2) is 24.3 Å². The fraction of sp³-hybridized carbons (Fsp3) is 0.476. The van der Waals surface area contributed by atoms with E-state index in [2.05, 4.69) is 10.3 Å². The molecule has 1 aliphatic heterocycles. The fourth-order valence-electron chi connectivity index (χ4n) is 3.18. The number of aryl methyl sites for hydroxylation is 1. The quantitative estimate of drug-likeness (QED) is 0.704. The Hall–Kier alpha value is -2.12. The van der Waals surface area contributed by atoms with E-state index < -0.39 is 5.60 Å². The van der Waals surface area contributed by atoms with Gasteiger partial charge in [0.25, 0.3) is 0 Å². The summed E-state index contributed by atoms with van der Waals surface area (Å²) in [5.74, 6) is -0.192. The Morgan fingerprint density at radius 3 is 2.41 bits per heavy atom. The third-order valence-corrected chi connectivity index (χ3v) is 5.80. The molecule has 0 unspecified atom stereocenters. The number of carbonyl (C=O) groups excluding carboxylic acids is 2. The van der Waals surface area contributed by atoms with Crippen molar-refractivity contribution in [3.63, 3.8) is 0 Å². The van der Waals surface area contributed by atoms with Crippen molar-refractivity contribution in [3.05, 3.63) is 34.2 Å². The highest BCUT2D eigenvalue weighted by Crippen LogP contribution is 2.31. The van der Waals surface area contributed by atoms with Crippen molar-refractivity contribution in [2.45, 2.75) is 46.1 Å². The van der Waals surface area contributed by atoms with Gasteiger partial charge in [-0.3, -0.25) is 4.79 Å². The van der Waals surface area contributed by atoms with Crippen LogP contribution in [0.2, 0.25) is 5.02 Å². The van der Waals surface area contributed by atoms with Gasteiger partial charge in [-0.25, -0.2) is 9.78 Å². The summed E-state index contributed by atoms with van der Waals surface area (Å²) < 4.78 is 5.40. The summed E-state index contributed by atoms with van der Waals surface area (Å²) in [7, 11) is 0. The number of ether oxygens (including phenoxy) is 1. The van der Waals surface area contributed by atoms with Crippen LogP contribution in [-0.4, -0.2) is 40.6 Å². The van der Waals surface area contributed by atoms with Crippen LogP contribution in [0.4, 0.5) is 9.93 Å². The van der Waals surface area contributed by atoms with Crippen molar-refractivity contribution in [1.29, 1.82) is 0 Å². The predicted molar refractivity (Wildman–Crippen MR) is 116 cm³/mol. The van der Waals surface area contributed by atoms with Crippen LogP contribution in [0.5, 0.6) is 0 Å². The predicted octanol–water partition coefficient (Wildman–Crippen LogP) is 5.36. The zero-order chi connectivity index (χ0) is 21.2. The number of anilines is 1. The molecule has 8 heteroatoms. The average molecular weight is 436 g/mol. The molecule has 1 aromatic heterocycles. The molecule has 6 nitrogen and oxygen atoms in total. The van der Waals surface area contributed by atoms with Gasteiger partial charge in [-0.15, -0.1) is 11.3 Å². The first-order valence-electron chi connectivity index (χ1n) is 9.64. The van der Waals surface area contributed by atoms with E-state index in [4.69, 9.17) is 16.3 Å². The minimum Gasteiger partial charge on any atom is -0.444 e. The Morgan fingerprint density at radius 2 is 1.83 bits per heavy atom. The number of amides is 2. The van der Waals surface area contributed by atoms with Crippen LogP contribution in [0.25, 0.3) is 11.3 Å². The van der Waals surface area contributed by atoms with E-state index in [9.17, 15) is 9.59 Å². The standard InChI is InChI=1S/C21H26ClN3O3S/c1-13-17(14-5-7-16(22)8-6-14)23-19(29-13)24-18(26)15-9-11-25(12-10-15)20(27)28-21(2,3)4/h5-8,15H,9-12H2,1-4H3,(H,23,24,26). The molecule has 1 aromatic carbocycles. The van der Waals surface area contributed by atoms with Crippen LogP contribution < -0.4 is 5.32 Å². The number of aromatic nitrogens is 1. The number of halogens is 1. The number of thiazole rings is 1. The number of hydrogen-bond acceptors (Lipinski definition) is 5. The summed E-state index contributed by atoms with van der Waals surface area (Å²) >= 11 is 7.41. The third kappa shape index (κ3) is 5.70. The van der Waals surface area contributed by atoms with Crippen molar-refractivity contribution in [3.8, 4) is 11.3 Å². The smallest absolute Gasteiger partial charge is 0.410 e. The van der Waals surface area contributed by atoms with Crippen molar-refractivity contribution in [2.24, 2.45) is 5.92 Å². The molecule has 0 bridgehead atoms. The molecule has 156 valence electrons. The largest absolute Gasteiger partial charge is 0.444 e. The second-order valence-electron chi connectivity index (χ2n) is 8.16. The Labute approximate surface area is 180 Å². The Morgan fingerprint density at radius 1 is 1.21 bits per heavy atom. The topological polar surface area (TPSA) is 71.5 Å². The number of carbonyl (C=O) groups is 2. The maximum Gasteiger partial charge on any atom is 0.410 e. The minimum atomic E-state index is -0.518. The van der Waals surface area contributed by atoms with E-state index in [1.807, 2.05) is 52.0 Å². The Balaban J connectivity index is 1.57. The van der Waals surface area contributed by atoms with Crippen LogP contribution in [0, 0.1) is 12.8 Å². The van der Waals surface area contributed by atoms with E-state index in [0.29, 0.717) is 36.1 Å². The normalized spacial score (nSPS) is 15.3. The van der Waals surface area contributed by atoms with Gasteiger partial charge in [0.1, 0.15) is 5.60 Å². The lowest BCUT2D eigenvalue weighted by Gasteiger charge is -2.32. The molecule has 1 saturated heterocycles. The van der Waals surface area contributed by atoms with E-state index in [1.165, 1.54) is 11.3 Å². The second kappa shape index (κ2) is 8.71. The molecule has 1 N–H and O–H groups in total. The molecule has 0 saturated carbocycles. The molecule has 2 aromatic rings. The molecule has 1 aliphatic rings.